The summed E-state index contributed by atoms with van der Waals surface area (Å²) in [7, 11) is -3.05. The lowest BCUT2D eigenvalue weighted by molar-refractivity contribution is 0.108. The van der Waals surface area contributed by atoms with Crippen LogP contribution in [0.25, 0.3) is 16.8 Å². The molecule has 3 N–H and O–H groups in total. The summed E-state index contributed by atoms with van der Waals surface area (Å²) in [5, 5.41) is 22.3. The van der Waals surface area contributed by atoms with Crippen molar-refractivity contribution in [2.45, 2.75) is 37.0 Å². The van der Waals surface area contributed by atoms with E-state index in [1.54, 1.807) is 24.3 Å². The Balaban J connectivity index is 0.000000165. The van der Waals surface area contributed by atoms with Crippen LogP contribution in [0.1, 0.15) is 31.2 Å². The highest BCUT2D eigenvalue weighted by Crippen LogP contribution is 2.32. The zero-order valence-corrected chi connectivity index (χ0v) is 18.0. The molecule has 11 heteroatoms. The number of aliphatic hydroxyl groups excluding tert-OH is 1. The van der Waals surface area contributed by atoms with Crippen LogP contribution in [0.2, 0.25) is 0 Å². The number of aliphatic hydroxyl groups is 1. The minimum Gasteiger partial charge on any atom is -0.392 e. The number of anilines is 1. The monoisotopic (exact) mass is 458 g/mol. The van der Waals surface area contributed by atoms with Crippen molar-refractivity contribution in [3.63, 3.8) is 0 Å². The van der Waals surface area contributed by atoms with Crippen molar-refractivity contribution in [1.29, 1.82) is 5.26 Å². The highest BCUT2D eigenvalue weighted by Gasteiger charge is 2.41. The Morgan fingerprint density at radius 2 is 2.00 bits per heavy atom. The average molecular weight is 459 g/mol. The van der Waals surface area contributed by atoms with Crippen molar-refractivity contribution in [2.75, 3.05) is 18.8 Å². The molecule has 9 nitrogen and oxygen atoms in total. The number of nitriles is 1. The zero-order chi connectivity index (χ0) is 22.9. The predicted molar refractivity (Wildman–Crippen MR) is 116 cm³/mol. The molecule has 0 radical (unpaired) electrons. The van der Waals surface area contributed by atoms with Gasteiger partial charge in [-0.2, -0.15) is 9.57 Å². The molecule has 1 unspecified atom stereocenters. The van der Waals surface area contributed by atoms with E-state index >= 15 is 0 Å². The fourth-order valence-corrected chi connectivity index (χ4v) is 5.61. The number of β-amino-alcohol motifs (C(OH)–C–C–N with tert-alkyl or cyclic N) is 1. The number of rotatable bonds is 3. The molecule has 0 bridgehead atoms. The smallest absolute Gasteiger partial charge is 0.238 e. The topological polar surface area (TPSA) is 138 Å². The molecule has 3 heterocycles. The van der Waals surface area contributed by atoms with Crippen molar-refractivity contribution in [3.8, 4) is 17.3 Å². The van der Waals surface area contributed by atoms with E-state index in [1.165, 1.54) is 21.1 Å². The molecule has 0 spiro atoms. The summed E-state index contributed by atoms with van der Waals surface area (Å²) in [5.74, 6) is -0.415. The van der Waals surface area contributed by atoms with Gasteiger partial charge in [0.1, 0.15) is 5.52 Å². The highest BCUT2D eigenvalue weighted by molar-refractivity contribution is 7.90. The van der Waals surface area contributed by atoms with E-state index in [4.69, 9.17) is 11.0 Å². The number of sulfonamides is 1. The summed E-state index contributed by atoms with van der Waals surface area (Å²) in [6, 6.07) is 10.3. The van der Waals surface area contributed by atoms with Crippen molar-refractivity contribution in [2.24, 2.45) is 0 Å². The maximum atomic E-state index is 13.8. The quantitative estimate of drug-likeness (QED) is 0.611. The Morgan fingerprint density at radius 1 is 1.25 bits per heavy atom. The molecule has 1 aliphatic heterocycles. The van der Waals surface area contributed by atoms with Gasteiger partial charge in [0.05, 0.1) is 34.9 Å². The average Bonchev–Trinajstić information content (AvgIpc) is 3.59. The summed E-state index contributed by atoms with van der Waals surface area (Å²) in [5.41, 5.74) is 7.25. The highest BCUT2D eigenvalue weighted by atomic mass is 32.2. The Morgan fingerprint density at radius 3 is 2.69 bits per heavy atom. The van der Waals surface area contributed by atoms with Gasteiger partial charge in [-0.05, 0) is 31.7 Å². The van der Waals surface area contributed by atoms with Crippen LogP contribution >= 0.6 is 0 Å². The van der Waals surface area contributed by atoms with Gasteiger partial charge >= 0.3 is 0 Å². The molecule has 1 aliphatic carbocycles. The van der Waals surface area contributed by atoms with Gasteiger partial charge in [0.25, 0.3) is 0 Å². The van der Waals surface area contributed by atoms with Gasteiger partial charge in [0.15, 0.2) is 5.82 Å². The number of nitrogen functional groups attached to an aromatic ring is 1. The maximum absolute atomic E-state index is 13.8. The van der Waals surface area contributed by atoms with Crippen molar-refractivity contribution < 1.29 is 17.9 Å². The Kier molecular flexibility index (Phi) is 6.10. The van der Waals surface area contributed by atoms with Crippen LogP contribution in [0.3, 0.4) is 0 Å². The number of halogens is 1. The van der Waals surface area contributed by atoms with Crippen LogP contribution < -0.4 is 5.73 Å². The summed E-state index contributed by atoms with van der Waals surface area (Å²) in [4.78, 5) is 3.76. The van der Waals surface area contributed by atoms with Crippen LogP contribution in [-0.4, -0.2) is 56.9 Å². The molecule has 5 rings (SSSR count). The number of nitrogens with zero attached hydrogens (tertiary/aromatic N) is 5. The van der Waals surface area contributed by atoms with Gasteiger partial charge in [-0.15, -0.1) is 5.10 Å². The number of piperidine rings is 1. The van der Waals surface area contributed by atoms with Crippen molar-refractivity contribution in [3.05, 3.63) is 47.9 Å². The molecule has 2 aromatic heterocycles. The number of benzene rings is 1. The second kappa shape index (κ2) is 8.82. The second-order valence-electron chi connectivity index (χ2n) is 7.85. The van der Waals surface area contributed by atoms with E-state index in [0.717, 1.165) is 25.7 Å². The molecule has 3 aromatic rings. The molecule has 1 saturated heterocycles. The number of nitrogens with two attached hydrogens (primary N) is 1. The standard InChI is InChI=1S/C13H8FN5.C8H15NO3S/c14-10-5-11(9-4-2-1-3-8(9)6-15)19-12(10)7-17-13(16)18-19;10-7-2-1-5-9(6-7)13(11,12)8-3-4-8/h1-5,7H,(H2,16,18);7-8,10H,1-6H2. The summed E-state index contributed by atoms with van der Waals surface area (Å²) >= 11 is 0. The third-order valence-electron chi connectivity index (χ3n) is 5.47. The van der Waals surface area contributed by atoms with Gasteiger partial charge in [-0.25, -0.2) is 22.3 Å². The Bertz CT molecular complexity index is 1280. The molecule has 1 atom stereocenters. The van der Waals surface area contributed by atoms with E-state index in [0.29, 0.717) is 29.9 Å². The molecule has 32 heavy (non-hydrogen) atoms. The second-order valence-corrected chi connectivity index (χ2v) is 10.1. The number of hydrogen-bond acceptors (Lipinski definition) is 7. The van der Waals surface area contributed by atoms with Gasteiger partial charge in [0.2, 0.25) is 16.0 Å². The van der Waals surface area contributed by atoms with E-state index < -0.39 is 21.9 Å². The maximum Gasteiger partial charge on any atom is 0.238 e. The van der Waals surface area contributed by atoms with Crippen LogP contribution in [-0.2, 0) is 10.0 Å². The molecular formula is C21H23FN6O3S. The van der Waals surface area contributed by atoms with Crippen LogP contribution in [0, 0.1) is 17.1 Å². The van der Waals surface area contributed by atoms with Crippen LogP contribution in [0.4, 0.5) is 10.3 Å². The number of aromatic nitrogens is 3. The molecule has 1 saturated carbocycles. The van der Waals surface area contributed by atoms with E-state index in [1.807, 2.05) is 0 Å². The lowest BCUT2D eigenvalue weighted by atomic mass is 10.1. The minimum atomic E-state index is -3.05. The first-order valence-electron chi connectivity index (χ1n) is 10.3. The first-order valence-corrected chi connectivity index (χ1v) is 11.8. The largest absolute Gasteiger partial charge is 0.392 e. The fourth-order valence-electron chi connectivity index (χ4n) is 3.69. The third kappa shape index (κ3) is 4.43. The predicted octanol–water partition coefficient (Wildman–Crippen LogP) is 1.92. The van der Waals surface area contributed by atoms with E-state index in [9.17, 15) is 17.9 Å². The fraction of sp³-hybridized carbons (Fsp3) is 0.381. The molecular weight excluding hydrogens is 435 g/mol. The lowest BCUT2D eigenvalue weighted by Gasteiger charge is -2.29. The van der Waals surface area contributed by atoms with Gasteiger partial charge in [0, 0.05) is 24.7 Å². The van der Waals surface area contributed by atoms with Gasteiger partial charge in [-0.1, -0.05) is 18.2 Å². The first-order chi connectivity index (χ1) is 15.3. The van der Waals surface area contributed by atoms with E-state index in [2.05, 4.69) is 16.2 Å². The summed E-state index contributed by atoms with van der Waals surface area (Å²) < 4.78 is 40.1. The Labute approximate surface area is 185 Å². The van der Waals surface area contributed by atoms with Gasteiger partial charge < -0.3 is 10.8 Å². The number of hydrogen-bond donors (Lipinski definition) is 2. The molecule has 168 valence electrons. The van der Waals surface area contributed by atoms with Crippen molar-refractivity contribution in [1.82, 2.24) is 18.9 Å². The zero-order valence-electron chi connectivity index (χ0n) is 17.2. The summed E-state index contributed by atoms with van der Waals surface area (Å²) in [6.45, 7) is 0.898. The lowest BCUT2D eigenvalue weighted by Crippen LogP contribution is -2.43. The van der Waals surface area contributed by atoms with E-state index in [-0.39, 0.29) is 16.7 Å². The van der Waals surface area contributed by atoms with Crippen molar-refractivity contribution >= 4 is 21.5 Å². The van der Waals surface area contributed by atoms with Crippen LogP contribution in [0.5, 0.6) is 0 Å². The normalized spacial score (nSPS) is 19.2. The minimum absolute atomic E-state index is 0.0405. The molecule has 2 aliphatic rings. The molecule has 2 fully saturated rings. The third-order valence-corrected chi connectivity index (χ3v) is 7.84. The Hall–Kier alpha value is -3.07. The number of fused-ring (bicyclic) bond motifs is 1. The molecule has 1 aromatic carbocycles. The van der Waals surface area contributed by atoms with Gasteiger partial charge in [-0.3, -0.25) is 0 Å². The SMILES string of the molecule is N#Cc1ccccc1-c1cc(F)c2cnc(N)nn12.O=S(=O)(C1CC1)N1CCCC(O)C1. The summed E-state index contributed by atoms with van der Waals surface area (Å²) in [6.07, 6.45) is 3.98. The van der Waals surface area contributed by atoms with Crippen LogP contribution in [0.15, 0.2) is 36.5 Å². The molecule has 0 amide bonds. The first kappa shape index (κ1) is 22.1.